The molecule has 2 aromatic heterocycles. The summed E-state index contributed by atoms with van der Waals surface area (Å²) in [6, 6.07) is 10.1. The van der Waals surface area contributed by atoms with Crippen molar-refractivity contribution in [2.45, 2.75) is 13.5 Å². The summed E-state index contributed by atoms with van der Waals surface area (Å²) in [5.41, 5.74) is 3.79. The fourth-order valence-electron chi connectivity index (χ4n) is 2.04. The highest BCUT2D eigenvalue weighted by Gasteiger charge is 2.05. The number of aryl methyl sites for hydroxylation is 1. The molecule has 0 aliphatic heterocycles. The van der Waals surface area contributed by atoms with Crippen LogP contribution in [0.3, 0.4) is 0 Å². The molecule has 4 heteroatoms. The molecule has 0 amide bonds. The number of carbonyl (C=O) groups is 1. The van der Waals surface area contributed by atoms with Gasteiger partial charge < -0.3 is 0 Å². The lowest BCUT2D eigenvalue weighted by atomic mass is 10.1. The first-order valence-electron chi connectivity index (χ1n) is 6.08. The monoisotopic (exact) mass is 251 g/mol. The van der Waals surface area contributed by atoms with Crippen LogP contribution < -0.4 is 0 Å². The number of hydrogen-bond acceptors (Lipinski definition) is 3. The maximum absolute atomic E-state index is 10.7. The van der Waals surface area contributed by atoms with E-state index in [9.17, 15) is 4.79 Å². The molecule has 94 valence electrons. The number of aromatic nitrogens is 3. The molecule has 3 rings (SSSR count). The van der Waals surface area contributed by atoms with Gasteiger partial charge in [0.05, 0.1) is 12.7 Å². The van der Waals surface area contributed by atoms with Crippen LogP contribution in [0.4, 0.5) is 0 Å². The average Bonchev–Trinajstić information content (AvgIpc) is 2.83. The highest BCUT2D eigenvalue weighted by molar-refractivity contribution is 5.83. The predicted molar refractivity (Wildman–Crippen MR) is 73.2 cm³/mol. The molecule has 3 aromatic rings. The summed E-state index contributed by atoms with van der Waals surface area (Å²) >= 11 is 0. The topological polar surface area (TPSA) is 47.8 Å². The Morgan fingerprint density at radius 2 is 2.00 bits per heavy atom. The van der Waals surface area contributed by atoms with Gasteiger partial charge in [-0.25, -0.2) is 9.67 Å². The van der Waals surface area contributed by atoms with Crippen molar-refractivity contribution in [2.24, 2.45) is 0 Å². The number of pyridine rings is 1. The van der Waals surface area contributed by atoms with E-state index in [1.54, 1.807) is 18.5 Å². The van der Waals surface area contributed by atoms with E-state index in [0.717, 1.165) is 17.3 Å². The van der Waals surface area contributed by atoms with Crippen LogP contribution in [0, 0.1) is 6.92 Å². The molecule has 0 N–H and O–H groups in total. The van der Waals surface area contributed by atoms with Crippen LogP contribution in [0.15, 0.2) is 42.7 Å². The first-order valence-corrected chi connectivity index (χ1v) is 6.08. The van der Waals surface area contributed by atoms with Gasteiger partial charge in [0.25, 0.3) is 0 Å². The number of rotatable bonds is 3. The minimum absolute atomic E-state index is 0.572. The van der Waals surface area contributed by atoms with Crippen molar-refractivity contribution in [3.63, 3.8) is 0 Å². The van der Waals surface area contributed by atoms with Crippen molar-refractivity contribution in [3.8, 4) is 0 Å². The van der Waals surface area contributed by atoms with Crippen molar-refractivity contribution in [3.05, 3.63) is 59.4 Å². The Kier molecular flexibility index (Phi) is 2.83. The quantitative estimate of drug-likeness (QED) is 0.672. The number of aldehydes is 1. The molecular weight excluding hydrogens is 238 g/mol. The van der Waals surface area contributed by atoms with E-state index in [2.05, 4.69) is 41.3 Å². The van der Waals surface area contributed by atoms with Gasteiger partial charge in [0.2, 0.25) is 0 Å². The Morgan fingerprint density at radius 3 is 2.74 bits per heavy atom. The van der Waals surface area contributed by atoms with Crippen molar-refractivity contribution >= 4 is 17.3 Å². The first kappa shape index (κ1) is 11.6. The standard InChI is InChI=1S/C15H13N3O/c1-11-2-4-12(5-3-11)9-18-15-14(8-17-18)6-13(10-19)7-16-15/h2-8,10H,9H2,1H3. The predicted octanol–water partition coefficient (Wildman–Crippen LogP) is 2.60. The van der Waals surface area contributed by atoms with Crippen LogP contribution in [0.2, 0.25) is 0 Å². The number of benzene rings is 1. The van der Waals surface area contributed by atoms with E-state index >= 15 is 0 Å². The maximum atomic E-state index is 10.7. The summed E-state index contributed by atoms with van der Waals surface area (Å²) in [4.78, 5) is 15.0. The Hall–Kier alpha value is -2.49. The maximum Gasteiger partial charge on any atom is 0.158 e. The molecule has 0 aliphatic rings. The summed E-state index contributed by atoms with van der Waals surface area (Å²) in [7, 11) is 0. The Bertz CT molecular complexity index is 729. The molecule has 0 radical (unpaired) electrons. The summed E-state index contributed by atoms with van der Waals surface area (Å²) in [6.45, 7) is 2.74. The normalized spacial score (nSPS) is 10.8. The summed E-state index contributed by atoms with van der Waals surface area (Å²) in [6.07, 6.45) is 4.11. The molecule has 0 saturated heterocycles. The molecule has 0 atom stereocenters. The molecule has 0 aliphatic carbocycles. The van der Waals surface area contributed by atoms with E-state index in [-0.39, 0.29) is 0 Å². The molecular formula is C15H13N3O. The third-order valence-electron chi connectivity index (χ3n) is 3.09. The van der Waals surface area contributed by atoms with Crippen LogP contribution in [-0.2, 0) is 6.54 Å². The van der Waals surface area contributed by atoms with E-state index in [1.807, 2.05) is 4.68 Å². The first-order chi connectivity index (χ1) is 9.26. The smallest absolute Gasteiger partial charge is 0.158 e. The highest BCUT2D eigenvalue weighted by atomic mass is 16.1. The Labute approximate surface area is 110 Å². The molecule has 1 aromatic carbocycles. The largest absolute Gasteiger partial charge is 0.298 e. The van der Waals surface area contributed by atoms with Crippen LogP contribution in [0.25, 0.3) is 11.0 Å². The van der Waals surface area contributed by atoms with Gasteiger partial charge in [-0.1, -0.05) is 29.8 Å². The van der Waals surface area contributed by atoms with Gasteiger partial charge in [-0.3, -0.25) is 4.79 Å². The fourth-order valence-corrected chi connectivity index (χ4v) is 2.04. The van der Waals surface area contributed by atoms with Crippen molar-refractivity contribution in [1.82, 2.24) is 14.8 Å². The molecule has 0 fully saturated rings. The van der Waals surface area contributed by atoms with Crippen molar-refractivity contribution < 1.29 is 4.79 Å². The zero-order valence-corrected chi connectivity index (χ0v) is 10.6. The highest BCUT2D eigenvalue weighted by Crippen LogP contribution is 2.14. The average molecular weight is 251 g/mol. The molecule has 0 saturated carbocycles. The minimum Gasteiger partial charge on any atom is -0.298 e. The molecule has 0 bridgehead atoms. The zero-order valence-electron chi connectivity index (χ0n) is 10.6. The van der Waals surface area contributed by atoms with Gasteiger partial charge in [0.15, 0.2) is 11.9 Å². The molecule has 2 heterocycles. The molecule has 0 spiro atoms. The molecule has 4 nitrogen and oxygen atoms in total. The van der Waals surface area contributed by atoms with Gasteiger partial charge in [0.1, 0.15) is 0 Å². The third-order valence-corrected chi connectivity index (χ3v) is 3.09. The lowest BCUT2D eigenvalue weighted by molar-refractivity contribution is 0.112. The van der Waals surface area contributed by atoms with Gasteiger partial charge in [0, 0.05) is 17.1 Å². The summed E-state index contributed by atoms with van der Waals surface area (Å²) in [5, 5.41) is 5.21. The van der Waals surface area contributed by atoms with Crippen LogP contribution in [0.5, 0.6) is 0 Å². The minimum atomic E-state index is 0.572. The van der Waals surface area contributed by atoms with Gasteiger partial charge in [-0.2, -0.15) is 5.10 Å². The number of hydrogen-bond donors (Lipinski definition) is 0. The third kappa shape index (κ3) is 2.25. The molecule has 0 unspecified atom stereocenters. The number of carbonyl (C=O) groups excluding carboxylic acids is 1. The van der Waals surface area contributed by atoms with Gasteiger partial charge in [-0.05, 0) is 18.6 Å². The van der Waals surface area contributed by atoms with E-state index < -0.39 is 0 Å². The second kappa shape index (κ2) is 4.65. The molecule has 19 heavy (non-hydrogen) atoms. The SMILES string of the molecule is Cc1ccc(Cn2ncc3cc(C=O)cnc32)cc1. The van der Waals surface area contributed by atoms with E-state index in [1.165, 1.54) is 11.1 Å². The number of fused-ring (bicyclic) bond motifs is 1. The van der Waals surface area contributed by atoms with Gasteiger partial charge >= 0.3 is 0 Å². The Balaban J connectivity index is 1.97. The van der Waals surface area contributed by atoms with E-state index in [4.69, 9.17) is 0 Å². The summed E-state index contributed by atoms with van der Waals surface area (Å²) < 4.78 is 1.84. The number of nitrogens with zero attached hydrogens (tertiary/aromatic N) is 3. The lowest BCUT2D eigenvalue weighted by Gasteiger charge is -2.03. The van der Waals surface area contributed by atoms with Gasteiger partial charge in [-0.15, -0.1) is 0 Å². The Morgan fingerprint density at radius 1 is 1.21 bits per heavy atom. The second-order valence-electron chi connectivity index (χ2n) is 4.59. The van der Waals surface area contributed by atoms with Crippen LogP contribution in [0.1, 0.15) is 21.5 Å². The van der Waals surface area contributed by atoms with Crippen LogP contribution in [-0.4, -0.2) is 21.1 Å². The van der Waals surface area contributed by atoms with Crippen LogP contribution >= 0.6 is 0 Å². The van der Waals surface area contributed by atoms with Crippen molar-refractivity contribution in [2.75, 3.05) is 0 Å². The zero-order chi connectivity index (χ0) is 13.2. The lowest BCUT2D eigenvalue weighted by Crippen LogP contribution is -2.02. The fraction of sp³-hybridized carbons (Fsp3) is 0.133. The second-order valence-corrected chi connectivity index (χ2v) is 4.59. The summed E-state index contributed by atoms with van der Waals surface area (Å²) in [5.74, 6) is 0. The van der Waals surface area contributed by atoms with Crippen molar-refractivity contribution in [1.29, 1.82) is 0 Å². The van der Waals surface area contributed by atoms with E-state index in [0.29, 0.717) is 12.1 Å².